The molecular weight excluding hydrogens is 278 g/mol. The minimum atomic E-state index is 0.209. The molecule has 1 amide bonds. The van der Waals surface area contributed by atoms with E-state index in [1.165, 1.54) is 35.8 Å². The highest BCUT2D eigenvalue weighted by atomic mass is 32.1. The second-order valence-corrected chi connectivity index (χ2v) is 7.17. The van der Waals surface area contributed by atoms with E-state index in [9.17, 15) is 4.79 Å². The maximum absolute atomic E-state index is 12.9. The highest BCUT2D eigenvalue weighted by molar-refractivity contribution is 7.21. The van der Waals surface area contributed by atoms with E-state index in [-0.39, 0.29) is 5.91 Å². The molecule has 21 heavy (non-hydrogen) atoms. The molecule has 0 bridgehead atoms. The second kappa shape index (κ2) is 6.18. The molecule has 1 aromatic heterocycles. The lowest BCUT2D eigenvalue weighted by atomic mass is 10.1. The van der Waals surface area contributed by atoms with Gasteiger partial charge < -0.3 is 4.90 Å². The van der Waals surface area contributed by atoms with Gasteiger partial charge in [-0.25, -0.2) is 0 Å². The molecule has 0 aliphatic heterocycles. The van der Waals surface area contributed by atoms with Gasteiger partial charge in [0.25, 0.3) is 5.91 Å². The van der Waals surface area contributed by atoms with Crippen LogP contribution in [-0.2, 0) is 0 Å². The molecular formula is C18H23NOS. The van der Waals surface area contributed by atoms with E-state index in [4.69, 9.17) is 0 Å². The summed E-state index contributed by atoms with van der Waals surface area (Å²) < 4.78 is 1.22. The molecule has 1 heterocycles. The van der Waals surface area contributed by atoms with Gasteiger partial charge in [0.1, 0.15) is 0 Å². The smallest absolute Gasteiger partial charge is 0.264 e. The number of carbonyl (C=O) groups excluding carboxylic acids is 1. The molecule has 1 fully saturated rings. The van der Waals surface area contributed by atoms with Gasteiger partial charge in [-0.15, -0.1) is 11.3 Å². The molecule has 0 unspecified atom stereocenters. The number of hydrogen-bond acceptors (Lipinski definition) is 2. The van der Waals surface area contributed by atoms with Crippen molar-refractivity contribution in [3.05, 3.63) is 34.7 Å². The fourth-order valence-corrected chi connectivity index (χ4v) is 4.54. The molecule has 0 spiro atoms. The molecule has 1 saturated carbocycles. The van der Waals surface area contributed by atoms with Crippen molar-refractivity contribution in [2.45, 2.75) is 51.5 Å². The summed E-state index contributed by atoms with van der Waals surface area (Å²) >= 11 is 1.64. The topological polar surface area (TPSA) is 20.3 Å². The van der Waals surface area contributed by atoms with Crippen LogP contribution in [0.5, 0.6) is 0 Å². The van der Waals surface area contributed by atoms with Crippen LogP contribution < -0.4 is 0 Å². The van der Waals surface area contributed by atoms with Crippen LogP contribution in [0.15, 0.2) is 24.3 Å². The summed E-state index contributed by atoms with van der Waals surface area (Å²) in [5, 5.41) is 1.22. The van der Waals surface area contributed by atoms with Crippen molar-refractivity contribution in [3.8, 4) is 0 Å². The molecule has 2 aromatic rings. The molecule has 0 N–H and O–H groups in total. The quantitative estimate of drug-likeness (QED) is 0.714. The predicted molar refractivity (Wildman–Crippen MR) is 90.1 cm³/mol. The van der Waals surface area contributed by atoms with Crippen LogP contribution in [0.25, 0.3) is 10.1 Å². The first-order chi connectivity index (χ1) is 10.2. The number of thiophene rings is 1. The average molecular weight is 301 g/mol. The molecule has 2 nitrogen and oxygen atoms in total. The predicted octanol–water partition coefficient (Wildman–Crippen LogP) is 5.00. The number of aryl methyl sites for hydroxylation is 1. The van der Waals surface area contributed by atoms with Crippen LogP contribution in [0.2, 0.25) is 0 Å². The summed E-state index contributed by atoms with van der Waals surface area (Å²) in [4.78, 5) is 15.8. The van der Waals surface area contributed by atoms with E-state index < -0.39 is 0 Å². The van der Waals surface area contributed by atoms with Crippen molar-refractivity contribution in [1.82, 2.24) is 4.90 Å². The maximum atomic E-state index is 12.9. The summed E-state index contributed by atoms with van der Waals surface area (Å²) in [6, 6.07) is 8.73. The zero-order valence-corrected chi connectivity index (χ0v) is 13.7. The summed E-state index contributed by atoms with van der Waals surface area (Å²) in [6.07, 6.45) is 7.47. The van der Waals surface area contributed by atoms with E-state index in [0.717, 1.165) is 23.3 Å². The number of carbonyl (C=O) groups is 1. The molecule has 1 aliphatic carbocycles. The van der Waals surface area contributed by atoms with Crippen molar-refractivity contribution in [2.75, 3.05) is 7.05 Å². The Morgan fingerprint density at radius 2 is 1.81 bits per heavy atom. The molecule has 1 aliphatic rings. The van der Waals surface area contributed by atoms with Crippen LogP contribution in [0.3, 0.4) is 0 Å². The number of fused-ring (bicyclic) bond motifs is 1. The van der Waals surface area contributed by atoms with Gasteiger partial charge in [0.05, 0.1) is 4.88 Å². The molecule has 3 heteroatoms. The summed E-state index contributed by atoms with van der Waals surface area (Å²) in [6.45, 7) is 2.08. The van der Waals surface area contributed by atoms with Crippen molar-refractivity contribution < 1.29 is 4.79 Å². The van der Waals surface area contributed by atoms with E-state index in [1.807, 2.05) is 24.1 Å². The minimum absolute atomic E-state index is 0.209. The Morgan fingerprint density at radius 1 is 1.14 bits per heavy atom. The van der Waals surface area contributed by atoms with E-state index in [1.54, 1.807) is 11.3 Å². The number of nitrogens with zero attached hydrogens (tertiary/aromatic N) is 1. The standard InChI is InChI=1S/C18H23NOS/c1-13-15-11-7-8-12-16(15)21-17(13)18(20)19(2)14-9-5-3-4-6-10-14/h7-8,11-12,14H,3-6,9-10H2,1-2H3. The number of hydrogen-bond donors (Lipinski definition) is 0. The zero-order valence-electron chi connectivity index (χ0n) is 12.9. The maximum Gasteiger partial charge on any atom is 0.264 e. The molecule has 0 saturated heterocycles. The van der Waals surface area contributed by atoms with E-state index in [2.05, 4.69) is 19.1 Å². The van der Waals surface area contributed by atoms with Crippen molar-refractivity contribution in [2.24, 2.45) is 0 Å². The van der Waals surface area contributed by atoms with E-state index in [0.29, 0.717) is 6.04 Å². The number of rotatable bonds is 2. The fourth-order valence-electron chi connectivity index (χ4n) is 3.35. The van der Waals surface area contributed by atoms with Crippen LogP contribution >= 0.6 is 11.3 Å². The Morgan fingerprint density at radius 3 is 2.48 bits per heavy atom. The van der Waals surface area contributed by atoms with Gasteiger partial charge in [0.15, 0.2) is 0 Å². The normalized spacial score (nSPS) is 16.9. The average Bonchev–Trinajstić information content (AvgIpc) is 2.70. The monoisotopic (exact) mass is 301 g/mol. The minimum Gasteiger partial charge on any atom is -0.338 e. The first-order valence-corrected chi connectivity index (χ1v) is 8.75. The van der Waals surface area contributed by atoms with Crippen LogP contribution in [0, 0.1) is 6.92 Å². The van der Waals surface area contributed by atoms with E-state index >= 15 is 0 Å². The molecule has 1 aromatic carbocycles. The number of amides is 1. The molecule has 0 radical (unpaired) electrons. The third-order valence-corrected chi connectivity index (χ3v) is 5.99. The van der Waals surface area contributed by atoms with Crippen molar-refractivity contribution in [1.29, 1.82) is 0 Å². The zero-order chi connectivity index (χ0) is 14.8. The third kappa shape index (κ3) is 2.84. The molecule has 0 atom stereocenters. The highest BCUT2D eigenvalue weighted by Gasteiger charge is 2.25. The van der Waals surface area contributed by atoms with Crippen molar-refractivity contribution in [3.63, 3.8) is 0 Å². The highest BCUT2D eigenvalue weighted by Crippen LogP contribution is 2.32. The first kappa shape index (κ1) is 14.6. The van der Waals surface area contributed by atoms with Gasteiger partial charge in [-0.2, -0.15) is 0 Å². The van der Waals surface area contributed by atoms with Gasteiger partial charge in [-0.1, -0.05) is 43.9 Å². The number of benzene rings is 1. The van der Waals surface area contributed by atoms with Crippen LogP contribution in [0.1, 0.15) is 53.8 Å². The molecule has 112 valence electrons. The third-order valence-electron chi connectivity index (χ3n) is 4.73. The van der Waals surface area contributed by atoms with Gasteiger partial charge in [-0.05, 0) is 36.8 Å². The Bertz CT molecular complexity index is 638. The van der Waals surface area contributed by atoms with Crippen LogP contribution in [0.4, 0.5) is 0 Å². The van der Waals surface area contributed by atoms with Gasteiger partial charge in [0.2, 0.25) is 0 Å². The summed E-state index contributed by atoms with van der Waals surface area (Å²) in [5.74, 6) is 0.209. The Labute approximate surface area is 130 Å². The lowest BCUT2D eigenvalue weighted by Gasteiger charge is -2.27. The second-order valence-electron chi connectivity index (χ2n) is 6.11. The van der Waals surface area contributed by atoms with Gasteiger partial charge in [-0.3, -0.25) is 4.79 Å². The van der Waals surface area contributed by atoms with Gasteiger partial charge >= 0.3 is 0 Å². The lowest BCUT2D eigenvalue weighted by molar-refractivity contribution is 0.0722. The summed E-state index contributed by atoms with van der Waals surface area (Å²) in [7, 11) is 1.99. The summed E-state index contributed by atoms with van der Waals surface area (Å²) in [5.41, 5.74) is 1.14. The lowest BCUT2D eigenvalue weighted by Crippen LogP contribution is -2.36. The van der Waals surface area contributed by atoms with Crippen molar-refractivity contribution >= 4 is 27.3 Å². The van der Waals surface area contributed by atoms with Crippen LogP contribution in [-0.4, -0.2) is 23.9 Å². The fraction of sp³-hybridized carbons (Fsp3) is 0.500. The Kier molecular flexibility index (Phi) is 4.29. The largest absolute Gasteiger partial charge is 0.338 e. The SMILES string of the molecule is Cc1c(C(=O)N(C)C2CCCCCC2)sc2ccccc12. The molecule has 3 rings (SSSR count). The van der Waals surface area contributed by atoms with Gasteiger partial charge in [0, 0.05) is 17.8 Å². The Balaban J connectivity index is 1.87. The first-order valence-electron chi connectivity index (χ1n) is 7.94. The Hall–Kier alpha value is -1.35.